The van der Waals surface area contributed by atoms with Crippen molar-refractivity contribution in [3.8, 4) is 0 Å². The molecule has 0 radical (unpaired) electrons. The van der Waals surface area contributed by atoms with E-state index in [-0.39, 0.29) is 12.4 Å². The van der Waals surface area contributed by atoms with Crippen LogP contribution in [0, 0.1) is 11.6 Å². The molecule has 1 N–H and O–H groups in total. The molecular formula is C10H8ClF4NO2. The number of rotatable bonds is 1. The number of nitrogens with one attached hydrogen (secondary N) is 1. The molecule has 2 rings (SSSR count). The zero-order valence-electron chi connectivity index (χ0n) is 8.75. The third-order valence-electron chi connectivity index (χ3n) is 2.35. The molecule has 1 fully saturated rings. The topological polar surface area (TPSA) is 38.3 Å². The number of benzene rings is 1. The Kier molecular flexibility index (Phi) is 4.05. The first kappa shape index (κ1) is 14.6. The molecule has 1 aromatic rings. The standard InChI is InChI=1S/C10H7F4NO2.ClH/c11-5-1-2-7(12)6(3-5)8-10(13,14)4-17-9(16)15-8;/h1-3,8H,4H2,(H,15,16);1H/t8-;/m0./s1. The molecule has 0 unspecified atom stereocenters. The van der Waals surface area contributed by atoms with Gasteiger partial charge in [0, 0.05) is 5.56 Å². The Balaban J connectivity index is 0.00000162. The second kappa shape index (κ2) is 5.01. The molecule has 1 aliphatic rings. The van der Waals surface area contributed by atoms with E-state index < -0.39 is 41.9 Å². The van der Waals surface area contributed by atoms with Gasteiger partial charge in [-0.1, -0.05) is 0 Å². The van der Waals surface area contributed by atoms with Crippen LogP contribution in [0.4, 0.5) is 22.4 Å². The summed E-state index contributed by atoms with van der Waals surface area (Å²) >= 11 is 0. The fraction of sp³-hybridized carbons (Fsp3) is 0.300. The highest BCUT2D eigenvalue weighted by Crippen LogP contribution is 2.35. The highest BCUT2D eigenvalue weighted by atomic mass is 35.5. The van der Waals surface area contributed by atoms with Crippen molar-refractivity contribution in [1.29, 1.82) is 0 Å². The molecule has 1 heterocycles. The van der Waals surface area contributed by atoms with Gasteiger partial charge in [0.2, 0.25) is 0 Å². The average Bonchev–Trinajstić information content (AvgIpc) is 2.26. The first-order valence-corrected chi connectivity index (χ1v) is 4.66. The molecule has 0 saturated carbocycles. The lowest BCUT2D eigenvalue weighted by Gasteiger charge is -2.31. The maximum absolute atomic E-state index is 13.4. The lowest BCUT2D eigenvalue weighted by atomic mass is 9.99. The lowest BCUT2D eigenvalue weighted by Crippen LogP contribution is -2.49. The SMILES string of the molecule is Cl.O=C1N[C@@H](c2cc(F)ccc2F)C(F)(F)CO1. The Hall–Kier alpha value is -1.50. The molecule has 1 atom stereocenters. The van der Waals surface area contributed by atoms with Crippen molar-refractivity contribution in [1.82, 2.24) is 5.32 Å². The molecule has 0 bridgehead atoms. The largest absolute Gasteiger partial charge is 0.443 e. The monoisotopic (exact) mass is 285 g/mol. The molecule has 1 amide bonds. The molecule has 1 aliphatic heterocycles. The molecule has 0 aromatic heterocycles. The summed E-state index contributed by atoms with van der Waals surface area (Å²) in [7, 11) is 0. The highest BCUT2D eigenvalue weighted by Gasteiger charge is 2.47. The summed E-state index contributed by atoms with van der Waals surface area (Å²) in [6.45, 7) is -1.17. The van der Waals surface area contributed by atoms with E-state index in [4.69, 9.17) is 0 Å². The minimum Gasteiger partial charge on any atom is -0.443 e. The minimum atomic E-state index is -3.50. The van der Waals surface area contributed by atoms with Crippen LogP contribution >= 0.6 is 12.4 Å². The van der Waals surface area contributed by atoms with Crippen LogP contribution in [-0.2, 0) is 4.74 Å². The number of hydrogen-bond donors (Lipinski definition) is 1. The third-order valence-corrected chi connectivity index (χ3v) is 2.35. The van der Waals surface area contributed by atoms with Crippen LogP contribution in [0.2, 0.25) is 0 Å². The van der Waals surface area contributed by atoms with Gasteiger partial charge in [0.1, 0.15) is 17.7 Å². The quantitative estimate of drug-likeness (QED) is 0.806. The van der Waals surface area contributed by atoms with Crippen molar-refractivity contribution in [2.75, 3.05) is 6.61 Å². The Morgan fingerprint density at radius 3 is 2.67 bits per heavy atom. The second-order valence-electron chi connectivity index (χ2n) is 3.58. The first-order valence-electron chi connectivity index (χ1n) is 4.66. The number of hydrogen-bond acceptors (Lipinski definition) is 2. The van der Waals surface area contributed by atoms with Crippen molar-refractivity contribution < 1.29 is 27.1 Å². The van der Waals surface area contributed by atoms with Gasteiger partial charge >= 0.3 is 12.0 Å². The number of halogens is 5. The van der Waals surface area contributed by atoms with Crippen LogP contribution in [-0.4, -0.2) is 18.6 Å². The summed E-state index contributed by atoms with van der Waals surface area (Å²) in [5.74, 6) is -5.38. The smallest absolute Gasteiger partial charge is 0.408 e. The number of alkyl carbamates (subject to hydrolysis) is 1. The van der Waals surface area contributed by atoms with E-state index in [0.29, 0.717) is 6.07 Å². The van der Waals surface area contributed by atoms with Crippen molar-refractivity contribution >= 4 is 18.5 Å². The Morgan fingerprint density at radius 2 is 2.00 bits per heavy atom. The summed E-state index contributed by atoms with van der Waals surface area (Å²) < 4.78 is 57.1. The maximum atomic E-state index is 13.4. The van der Waals surface area contributed by atoms with Gasteiger partial charge in [-0.15, -0.1) is 12.4 Å². The van der Waals surface area contributed by atoms with Crippen molar-refractivity contribution in [2.45, 2.75) is 12.0 Å². The van der Waals surface area contributed by atoms with E-state index in [1.54, 1.807) is 5.32 Å². The van der Waals surface area contributed by atoms with Crippen LogP contribution < -0.4 is 5.32 Å². The van der Waals surface area contributed by atoms with Gasteiger partial charge in [-0.2, -0.15) is 0 Å². The van der Waals surface area contributed by atoms with Crippen molar-refractivity contribution in [2.24, 2.45) is 0 Å². The molecule has 3 nitrogen and oxygen atoms in total. The molecule has 100 valence electrons. The van der Waals surface area contributed by atoms with E-state index in [0.717, 1.165) is 12.1 Å². The van der Waals surface area contributed by atoms with E-state index in [9.17, 15) is 22.4 Å². The fourth-order valence-corrected chi connectivity index (χ4v) is 1.55. The van der Waals surface area contributed by atoms with Crippen LogP contribution in [0.3, 0.4) is 0 Å². The van der Waals surface area contributed by atoms with Crippen LogP contribution in [0.15, 0.2) is 18.2 Å². The van der Waals surface area contributed by atoms with Crippen LogP contribution in [0.25, 0.3) is 0 Å². The van der Waals surface area contributed by atoms with Gasteiger partial charge in [0.25, 0.3) is 0 Å². The third kappa shape index (κ3) is 2.66. The predicted molar refractivity (Wildman–Crippen MR) is 55.8 cm³/mol. The first-order chi connectivity index (χ1) is 7.90. The Labute approximate surface area is 106 Å². The Bertz CT molecular complexity index is 469. The number of amides is 1. The molecule has 1 aromatic carbocycles. The number of carbonyl (C=O) groups is 1. The van der Waals surface area contributed by atoms with Crippen molar-refractivity contribution in [3.05, 3.63) is 35.4 Å². The molecular weight excluding hydrogens is 278 g/mol. The van der Waals surface area contributed by atoms with Gasteiger partial charge < -0.3 is 10.1 Å². The van der Waals surface area contributed by atoms with Gasteiger partial charge in [-0.25, -0.2) is 22.4 Å². The number of alkyl halides is 2. The molecule has 8 heteroatoms. The minimum absolute atomic E-state index is 0. The summed E-state index contributed by atoms with van der Waals surface area (Å²) in [6.07, 6.45) is -1.09. The van der Waals surface area contributed by atoms with Gasteiger partial charge in [0.05, 0.1) is 0 Å². The van der Waals surface area contributed by atoms with E-state index in [1.165, 1.54) is 0 Å². The van der Waals surface area contributed by atoms with Crippen molar-refractivity contribution in [3.63, 3.8) is 0 Å². The number of ether oxygens (including phenoxy) is 1. The highest BCUT2D eigenvalue weighted by molar-refractivity contribution is 5.85. The van der Waals surface area contributed by atoms with E-state index >= 15 is 0 Å². The van der Waals surface area contributed by atoms with Crippen LogP contribution in [0.5, 0.6) is 0 Å². The van der Waals surface area contributed by atoms with Gasteiger partial charge in [0.15, 0.2) is 6.61 Å². The maximum Gasteiger partial charge on any atom is 0.408 e. The zero-order chi connectivity index (χ0) is 12.6. The molecule has 0 spiro atoms. The van der Waals surface area contributed by atoms with Crippen LogP contribution in [0.1, 0.15) is 11.6 Å². The Morgan fingerprint density at radius 1 is 1.33 bits per heavy atom. The summed E-state index contributed by atoms with van der Waals surface area (Å²) in [4.78, 5) is 10.8. The van der Waals surface area contributed by atoms with E-state index in [1.807, 2.05) is 0 Å². The second-order valence-corrected chi connectivity index (χ2v) is 3.58. The number of carbonyl (C=O) groups excluding carboxylic acids is 1. The average molecular weight is 286 g/mol. The summed E-state index contributed by atoms with van der Waals surface area (Å²) in [5.41, 5.74) is -0.605. The molecule has 0 aliphatic carbocycles. The van der Waals surface area contributed by atoms with E-state index in [2.05, 4.69) is 4.74 Å². The normalized spacial score (nSPS) is 21.6. The molecule has 18 heavy (non-hydrogen) atoms. The zero-order valence-corrected chi connectivity index (χ0v) is 9.57. The lowest BCUT2D eigenvalue weighted by molar-refractivity contribution is -0.105. The summed E-state index contributed by atoms with van der Waals surface area (Å²) in [6, 6.07) is 0.222. The van der Waals surface area contributed by atoms with Gasteiger partial charge in [-0.3, -0.25) is 0 Å². The number of cyclic esters (lactones) is 1. The summed E-state index contributed by atoms with van der Waals surface area (Å²) in [5, 5.41) is 1.77. The fourth-order valence-electron chi connectivity index (χ4n) is 1.55. The van der Waals surface area contributed by atoms with Gasteiger partial charge in [-0.05, 0) is 18.2 Å². The predicted octanol–water partition coefficient (Wildman–Crippen LogP) is 2.80. The molecule has 1 saturated heterocycles.